The highest BCUT2D eigenvalue weighted by Gasteiger charge is 2.29. The SMILES string of the molecule is CCC(C(CCF)S(=O)O)S(=O)O. The fourth-order valence-electron chi connectivity index (χ4n) is 1.06. The highest BCUT2D eigenvalue weighted by Crippen LogP contribution is 2.14. The third-order valence-corrected chi connectivity index (χ3v) is 4.16. The van der Waals surface area contributed by atoms with E-state index in [4.69, 9.17) is 9.11 Å². The van der Waals surface area contributed by atoms with Gasteiger partial charge >= 0.3 is 0 Å². The van der Waals surface area contributed by atoms with Gasteiger partial charge in [-0.25, -0.2) is 8.42 Å². The maximum Gasteiger partial charge on any atom is 0.157 e. The Balaban J connectivity index is 4.48. The standard InChI is InChI=1S/C6H13FO4S2/c1-2-5(12(8)9)6(3-4-7)13(10)11/h5-6H,2-4H2,1H3,(H,8,9)(H,10,11). The van der Waals surface area contributed by atoms with Gasteiger partial charge in [0.05, 0.1) is 17.2 Å². The predicted octanol–water partition coefficient (Wildman–Crippen LogP) is 0.937. The van der Waals surface area contributed by atoms with Crippen LogP contribution in [0.25, 0.3) is 0 Å². The molecule has 0 saturated heterocycles. The maximum absolute atomic E-state index is 11.9. The van der Waals surface area contributed by atoms with E-state index in [1.54, 1.807) is 6.92 Å². The van der Waals surface area contributed by atoms with Crippen molar-refractivity contribution < 1.29 is 21.9 Å². The number of hydrogen-bond donors (Lipinski definition) is 2. The van der Waals surface area contributed by atoms with E-state index in [1.165, 1.54) is 0 Å². The first-order chi connectivity index (χ1) is 6.04. The summed E-state index contributed by atoms with van der Waals surface area (Å²) in [5, 5.41) is -1.79. The van der Waals surface area contributed by atoms with Crippen LogP contribution in [-0.2, 0) is 22.2 Å². The summed E-state index contributed by atoms with van der Waals surface area (Å²) < 4.78 is 50.8. The number of hydrogen-bond acceptors (Lipinski definition) is 2. The molecular formula is C6H13FO4S2. The average Bonchev–Trinajstić information content (AvgIpc) is 2.03. The molecule has 2 N–H and O–H groups in total. The largest absolute Gasteiger partial charge is 0.306 e. The monoisotopic (exact) mass is 232 g/mol. The molecule has 0 aromatic carbocycles. The summed E-state index contributed by atoms with van der Waals surface area (Å²) >= 11 is -4.42. The third kappa shape index (κ3) is 4.26. The van der Waals surface area contributed by atoms with E-state index < -0.39 is 39.3 Å². The molecule has 4 nitrogen and oxygen atoms in total. The van der Waals surface area contributed by atoms with Crippen molar-refractivity contribution in [1.82, 2.24) is 0 Å². The lowest BCUT2D eigenvalue weighted by Crippen LogP contribution is -2.33. The third-order valence-electron chi connectivity index (χ3n) is 1.73. The average molecular weight is 232 g/mol. The van der Waals surface area contributed by atoms with Crippen LogP contribution < -0.4 is 0 Å². The Morgan fingerprint density at radius 2 is 1.69 bits per heavy atom. The van der Waals surface area contributed by atoms with E-state index in [0.29, 0.717) is 0 Å². The summed E-state index contributed by atoms with van der Waals surface area (Å²) in [5.74, 6) is 0. The lowest BCUT2D eigenvalue weighted by Gasteiger charge is -2.18. The van der Waals surface area contributed by atoms with Crippen molar-refractivity contribution in [3.05, 3.63) is 0 Å². The second kappa shape index (κ2) is 6.58. The molecule has 0 amide bonds. The Morgan fingerprint density at radius 3 is 1.92 bits per heavy atom. The van der Waals surface area contributed by atoms with E-state index >= 15 is 0 Å². The van der Waals surface area contributed by atoms with Gasteiger partial charge < -0.3 is 9.11 Å². The fourth-order valence-corrected chi connectivity index (χ4v) is 3.05. The van der Waals surface area contributed by atoms with Crippen molar-refractivity contribution in [2.75, 3.05) is 6.67 Å². The minimum absolute atomic E-state index is 0.159. The van der Waals surface area contributed by atoms with E-state index in [1.807, 2.05) is 0 Å². The van der Waals surface area contributed by atoms with Crippen LogP contribution in [0.1, 0.15) is 19.8 Å². The van der Waals surface area contributed by atoms with E-state index in [-0.39, 0.29) is 12.8 Å². The Labute approximate surface area is 81.5 Å². The van der Waals surface area contributed by atoms with Gasteiger partial charge in [-0.3, -0.25) is 4.39 Å². The molecular weight excluding hydrogens is 219 g/mol. The van der Waals surface area contributed by atoms with Crippen molar-refractivity contribution in [2.24, 2.45) is 0 Å². The first-order valence-electron chi connectivity index (χ1n) is 3.79. The molecule has 0 heterocycles. The summed E-state index contributed by atoms with van der Waals surface area (Å²) in [4.78, 5) is 0. The van der Waals surface area contributed by atoms with E-state index in [0.717, 1.165) is 0 Å². The van der Waals surface area contributed by atoms with Crippen molar-refractivity contribution in [1.29, 1.82) is 0 Å². The minimum atomic E-state index is -2.25. The minimum Gasteiger partial charge on any atom is -0.306 e. The van der Waals surface area contributed by atoms with Crippen LogP contribution in [-0.4, -0.2) is 34.7 Å². The molecule has 0 fully saturated rings. The molecule has 0 bridgehead atoms. The molecule has 0 saturated carbocycles. The van der Waals surface area contributed by atoms with Gasteiger partial charge in [-0.2, -0.15) is 0 Å². The molecule has 0 spiro atoms. The van der Waals surface area contributed by atoms with Gasteiger partial charge in [-0.1, -0.05) is 6.92 Å². The second-order valence-corrected chi connectivity index (χ2v) is 4.83. The van der Waals surface area contributed by atoms with Gasteiger partial charge in [0.15, 0.2) is 22.2 Å². The van der Waals surface area contributed by atoms with Crippen LogP contribution in [0.2, 0.25) is 0 Å². The van der Waals surface area contributed by atoms with E-state index in [2.05, 4.69) is 0 Å². The van der Waals surface area contributed by atoms with Gasteiger partial charge in [0, 0.05) is 0 Å². The van der Waals surface area contributed by atoms with Crippen LogP contribution in [0.4, 0.5) is 4.39 Å². The fraction of sp³-hybridized carbons (Fsp3) is 1.00. The molecule has 0 aliphatic heterocycles. The van der Waals surface area contributed by atoms with E-state index in [9.17, 15) is 12.8 Å². The molecule has 0 rings (SSSR count). The number of halogens is 1. The topological polar surface area (TPSA) is 74.6 Å². The first-order valence-corrected chi connectivity index (χ1v) is 6.13. The maximum atomic E-state index is 11.9. The summed E-state index contributed by atoms with van der Waals surface area (Å²) in [6.07, 6.45) is 0.119. The summed E-state index contributed by atoms with van der Waals surface area (Å²) in [7, 11) is 0. The van der Waals surface area contributed by atoms with Crippen LogP contribution >= 0.6 is 0 Å². The van der Waals surface area contributed by atoms with Gasteiger partial charge in [0.25, 0.3) is 0 Å². The van der Waals surface area contributed by atoms with Crippen molar-refractivity contribution in [3.63, 3.8) is 0 Å². The molecule has 0 aliphatic carbocycles. The highest BCUT2D eigenvalue weighted by atomic mass is 32.2. The number of rotatable bonds is 6. The van der Waals surface area contributed by atoms with Crippen molar-refractivity contribution in [2.45, 2.75) is 30.3 Å². The molecule has 0 aliphatic rings. The highest BCUT2D eigenvalue weighted by molar-refractivity contribution is 7.84. The molecule has 4 unspecified atom stereocenters. The Kier molecular flexibility index (Phi) is 6.66. The molecule has 7 heteroatoms. The normalized spacial score (nSPS) is 20.6. The second-order valence-electron chi connectivity index (χ2n) is 2.52. The summed E-state index contributed by atoms with van der Waals surface area (Å²) in [6.45, 7) is 0.863. The van der Waals surface area contributed by atoms with Crippen LogP contribution in [0.15, 0.2) is 0 Å². The van der Waals surface area contributed by atoms with Gasteiger partial charge in [-0.15, -0.1) is 0 Å². The Morgan fingerprint density at radius 1 is 1.23 bits per heavy atom. The zero-order chi connectivity index (χ0) is 10.4. The zero-order valence-electron chi connectivity index (χ0n) is 7.18. The Hall–Kier alpha value is 0.150. The molecule has 0 aromatic heterocycles. The zero-order valence-corrected chi connectivity index (χ0v) is 8.81. The van der Waals surface area contributed by atoms with Crippen LogP contribution in [0, 0.1) is 0 Å². The van der Waals surface area contributed by atoms with Crippen LogP contribution in [0.5, 0.6) is 0 Å². The van der Waals surface area contributed by atoms with Crippen LogP contribution in [0.3, 0.4) is 0 Å². The lowest BCUT2D eigenvalue weighted by molar-refractivity contribution is 0.439. The molecule has 0 aromatic rings. The summed E-state index contributed by atoms with van der Waals surface area (Å²) in [5.41, 5.74) is 0. The molecule has 13 heavy (non-hydrogen) atoms. The predicted molar refractivity (Wildman–Crippen MR) is 50.0 cm³/mol. The molecule has 80 valence electrons. The van der Waals surface area contributed by atoms with Gasteiger partial charge in [0.2, 0.25) is 0 Å². The van der Waals surface area contributed by atoms with Gasteiger partial charge in [0.1, 0.15) is 0 Å². The molecule has 4 atom stereocenters. The number of alkyl halides is 1. The van der Waals surface area contributed by atoms with Gasteiger partial charge in [-0.05, 0) is 12.8 Å². The molecule has 0 radical (unpaired) electrons. The van der Waals surface area contributed by atoms with Crippen molar-refractivity contribution in [3.8, 4) is 0 Å². The smallest absolute Gasteiger partial charge is 0.157 e. The first kappa shape index (κ1) is 13.2. The summed E-state index contributed by atoms with van der Waals surface area (Å²) in [6, 6.07) is 0. The van der Waals surface area contributed by atoms with Crippen molar-refractivity contribution >= 4 is 22.2 Å². The quantitative estimate of drug-likeness (QED) is 0.668. The Bertz CT molecular complexity index is 199. The lowest BCUT2D eigenvalue weighted by atomic mass is 10.2.